The van der Waals surface area contributed by atoms with Gasteiger partial charge in [0.25, 0.3) is 0 Å². The van der Waals surface area contributed by atoms with Gasteiger partial charge in [-0.1, -0.05) is 31.9 Å². The highest BCUT2D eigenvalue weighted by Gasteiger charge is 2.52. The van der Waals surface area contributed by atoms with Crippen molar-refractivity contribution in [2.45, 2.75) is 84.6 Å². The first kappa shape index (κ1) is 29.8. The molecule has 1 aromatic heterocycles. The molecule has 1 unspecified atom stereocenters. The lowest BCUT2D eigenvalue weighted by molar-refractivity contribution is -0.0375. The van der Waals surface area contributed by atoms with Crippen LogP contribution in [-0.4, -0.2) is 55.3 Å². The first-order valence-corrected chi connectivity index (χ1v) is 15.0. The van der Waals surface area contributed by atoms with Crippen LogP contribution in [0.25, 0.3) is 16.5 Å². The molecular formula is C31H42B2FN3O4. The standard InChI is InChI=1S/C31H42B2FN3O4/c1-7-25(33-40-30(2,3)31(4,5)41-33)28(21-11-14-23(15-12-21)38-19-17-35-32-6)22-13-16-26-24(20-22)29(34)36-37(26)27-10-8-9-18-39-27/h11-16,20,27,32,35H,7-10,17-19H2,1-6H3/b28-25+. The molecular weight excluding hydrogens is 519 g/mol. The summed E-state index contributed by atoms with van der Waals surface area (Å²) >= 11 is 0. The summed E-state index contributed by atoms with van der Waals surface area (Å²) in [6.45, 7) is 14.5. The zero-order valence-corrected chi connectivity index (χ0v) is 25.3. The fourth-order valence-electron chi connectivity index (χ4n) is 5.51. The smallest absolute Gasteiger partial charge is 0.491 e. The molecule has 0 saturated carbocycles. The van der Waals surface area contributed by atoms with E-state index in [0.29, 0.717) is 25.0 Å². The molecule has 1 N–H and O–H groups in total. The van der Waals surface area contributed by atoms with Crippen molar-refractivity contribution >= 4 is 31.0 Å². The van der Waals surface area contributed by atoms with Crippen LogP contribution in [0.1, 0.15) is 77.7 Å². The maximum absolute atomic E-state index is 15.3. The second-order valence-electron chi connectivity index (χ2n) is 11.9. The number of ether oxygens (including phenoxy) is 2. The average Bonchev–Trinajstić information content (AvgIpc) is 3.40. The van der Waals surface area contributed by atoms with E-state index >= 15 is 4.39 Å². The molecule has 3 aromatic rings. The van der Waals surface area contributed by atoms with Crippen LogP contribution < -0.4 is 9.96 Å². The number of benzene rings is 2. The number of halogens is 1. The third-order valence-electron chi connectivity index (χ3n) is 8.56. The maximum atomic E-state index is 15.3. The molecule has 0 radical (unpaired) electrons. The van der Waals surface area contributed by atoms with E-state index in [1.165, 1.54) is 0 Å². The Bertz CT molecular complexity index is 1370. The van der Waals surface area contributed by atoms with Gasteiger partial charge in [-0.05, 0) is 99.8 Å². The summed E-state index contributed by atoms with van der Waals surface area (Å²) in [5.41, 5.74) is 3.61. The predicted octanol–water partition coefficient (Wildman–Crippen LogP) is 6.09. The van der Waals surface area contributed by atoms with Crippen LogP contribution in [0.4, 0.5) is 4.39 Å². The van der Waals surface area contributed by atoms with Crippen molar-refractivity contribution in [1.29, 1.82) is 0 Å². The predicted molar refractivity (Wildman–Crippen MR) is 164 cm³/mol. The maximum Gasteiger partial charge on any atom is 0.491 e. The van der Waals surface area contributed by atoms with Crippen molar-refractivity contribution < 1.29 is 23.2 Å². The lowest BCUT2D eigenvalue weighted by Crippen LogP contribution is -2.41. The number of hydrogen-bond acceptors (Lipinski definition) is 6. The molecule has 2 saturated heterocycles. The van der Waals surface area contributed by atoms with Gasteiger partial charge in [-0.15, -0.1) is 5.10 Å². The van der Waals surface area contributed by atoms with Crippen molar-refractivity contribution in [2.24, 2.45) is 0 Å². The van der Waals surface area contributed by atoms with E-state index < -0.39 is 24.3 Å². The SMILES string of the molecule is CBNCCOc1ccc(/C(=C(/CC)B2OC(C)(C)C(C)(C)O2)c2ccc3c(c2)c(F)nn3C2CCCCO2)cc1. The molecule has 0 aliphatic carbocycles. The summed E-state index contributed by atoms with van der Waals surface area (Å²) in [4.78, 5) is 0. The van der Waals surface area contributed by atoms with Gasteiger partial charge in [0.15, 0.2) is 13.6 Å². The summed E-state index contributed by atoms with van der Waals surface area (Å²) in [6.07, 6.45) is 3.35. The Morgan fingerprint density at radius 3 is 2.44 bits per heavy atom. The largest absolute Gasteiger partial charge is 0.492 e. The molecule has 2 aliphatic heterocycles. The summed E-state index contributed by atoms with van der Waals surface area (Å²) in [5.74, 6) is 0.309. The Morgan fingerprint density at radius 2 is 1.80 bits per heavy atom. The molecule has 41 heavy (non-hydrogen) atoms. The van der Waals surface area contributed by atoms with Crippen LogP contribution in [0.2, 0.25) is 6.82 Å². The lowest BCUT2D eigenvalue weighted by Gasteiger charge is -2.32. The number of nitrogens with zero attached hydrogens (tertiary/aromatic N) is 2. The van der Waals surface area contributed by atoms with E-state index in [-0.39, 0.29) is 6.23 Å². The summed E-state index contributed by atoms with van der Waals surface area (Å²) in [7, 11) is 0.377. The summed E-state index contributed by atoms with van der Waals surface area (Å²) < 4.78 is 41.9. The number of allylic oxidation sites excluding steroid dienone is 1. The molecule has 2 aliphatic rings. The van der Waals surface area contributed by atoms with Gasteiger partial charge in [0.05, 0.1) is 28.7 Å². The summed E-state index contributed by atoms with van der Waals surface area (Å²) in [5, 5.41) is 8.00. The Kier molecular flexibility index (Phi) is 8.95. The average molecular weight is 561 g/mol. The van der Waals surface area contributed by atoms with Gasteiger partial charge in [-0.2, -0.15) is 4.39 Å². The molecule has 0 bridgehead atoms. The molecule has 0 amide bonds. The quantitative estimate of drug-likeness (QED) is 0.239. The van der Waals surface area contributed by atoms with Gasteiger partial charge in [0, 0.05) is 13.2 Å². The van der Waals surface area contributed by atoms with Gasteiger partial charge in [0.1, 0.15) is 5.75 Å². The fraction of sp³-hybridized carbons (Fsp3) is 0.516. The molecule has 1 atom stereocenters. The van der Waals surface area contributed by atoms with E-state index in [1.54, 1.807) is 4.68 Å². The van der Waals surface area contributed by atoms with Crippen LogP contribution in [0.15, 0.2) is 47.9 Å². The molecule has 3 heterocycles. The van der Waals surface area contributed by atoms with Crippen LogP contribution in [0, 0.1) is 5.95 Å². The van der Waals surface area contributed by atoms with Gasteiger partial charge >= 0.3 is 7.12 Å². The van der Waals surface area contributed by atoms with Crippen molar-refractivity contribution in [2.75, 3.05) is 19.8 Å². The Morgan fingerprint density at radius 1 is 1.10 bits per heavy atom. The molecule has 2 aromatic carbocycles. The number of nitrogens with one attached hydrogen (secondary N) is 1. The lowest BCUT2D eigenvalue weighted by atomic mass is 9.70. The van der Waals surface area contributed by atoms with E-state index in [0.717, 1.165) is 66.7 Å². The Balaban J connectivity index is 1.58. The van der Waals surface area contributed by atoms with Crippen LogP contribution in [0.3, 0.4) is 0 Å². The van der Waals surface area contributed by atoms with Crippen LogP contribution in [-0.2, 0) is 14.0 Å². The third kappa shape index (κ3) is 6.12. The fourth-order valence-corrected chi connectivity index (χ4v) is 5.51. The van der Waals surface area contributed by atoms with Crippen molar-refractivity contribution in [3.05, 3.63) is 65.0 Å². The van der Waals surface area contributed by atoms with Gasteiger partial charge in [-0.3, -0.25) is 0 Å². The first-order valence-electron chi connectivity index (χ1n) is 15.0. The molecule has 0 spiro atoms. The number of aromatic nitrogens is 2. The molecule has 5 rings (SSSR count). The Hall–Kier alpha value is -2.65. The van der Waals surface area contributed by atoms with Crippen LogP contribution >= 0.6 is 0 Å². The highest BCUT2D eigenvalue weighted by atomic mass is 19.1. The minimum Gasteiger partial charge on any atom is -0.492 e. The van der Waals surface area contributed by atoms with Crippen molar-refractivity contribution in [1.82, 2.24) is 15.0 Å². The molecule has 10 heteroatoms. The second-order valence-corrected chi connectivity index (χ2v) is 11.9. The molecule has 7 nitrogen and oxygen atoms in total. The van der Waals surface area contributed by atoms with Crippen molar-refractivity contribution in [3.8, 4) is 5.75 Å². The second kappa shape index (κ2) is 12.3. The van der Waals surface area contributed by atoms with E-state index in [1.807, 2.05) is 30.3 Å². The number of hydrogen-bond donors (Lipinski definition) is 1. The van der Waals surface area contributed by atoms with Crippen LogP contribution in [0.5, 0.6) is 5.75 Å². The highest BCUT2D eigenvalue weighted by Crippen LogP contribution is 2.42. The molecule has 2 fully saturated rings. The summed E-state index contributed by atoms with van der Waals surface area (Å²) in [6, 6.07) is 14.0. The Labute approximate surface area is 244 Å². The third-order valence-corrected chi connectivity index (χ3v) is 8.56. The van der Waals surface area contributed by atoms with E-state index in [2.05, 4.69) is 63.9 Å². The molecule has 218 valence electrons. The number of fused-ring (bicyclic) bond motifs is 1. The van der Waals surface area contributed by atoms with Gasteiger partial charge < -0.3 is 24.0 Å². The monoisotopic (exact) mass is 561 g/mol. The van der Waals surface area contributed by atoms with E-state index in [4.69, 9.17) is 18.8 Å². The van der Waals surface area contributed by atoms with Gasteiger partial charge in [-0.25, -0.2) is 4.68 Å². The zero-order chi connectivity index (χ0) is 29.2. The first-order chi connectivity index (χ1) is 19.6. The number of rotatable bonds is 10. The minimum atomic E-state index is -0.532. The van der Waals surface area contributed by atoms with Crippen molar-refractivity contribution in [3.63, 3.8) is 0 Å². The zero-order valence-electron chi connectivity index (χ0n) is 25.3. The minimum absolute atomic E-state index is 0.243. The van der Waals surface area contributed by atoms with Gasteiger partial charge in [0.2, 0.25) is 5.95 Å². The van der Waals surface area contributed by atoms with E-state index in [9.17, 15) is 0 Å². The normalized spacial score (nSPS) is 20.8. The highest BCUT2D eigenvalue weighted by molar-refractivity contribution is 6.56. The topological polar surface area (TPSA) is 66.8 Å².